The molecule has 0 radical (unpaired) electrons. The summed E-state index contributed by atoms with van der Waals surface area (Å²) >= 11 is 0. The molecular formula is C33H44N2O5. The Bertz CT molecular complexity index is 1080. The lowest BCUT2D eigenvalue weighted by atomic mass is 10.1. The molecule has 0 saturated heterocycles. The number of nitrogens with one attached hydrogen (secondary N) is 2. The second-order valence-corrected chi connectivity index (χ2v) is 8.90. The normalized spacial score (nSPS) is 12.1. The van der Waals surface area contributed by atoms with Gasteiger partial charge in [-0.15, -0.1) is 0 Å². The van der Waals surface area contributed by atoms with E-state index in [0.717, 1.165) is 38.5 Å². The van der Waals surface area contributed by atoms with Gasteiger partial charge in [-0.3, -0.25) is 10.1 Å². The minimum Gasteiger partial charge on any atom is -0.478 e. The second kappa shape index (κ2) is 22.8. The molecule has 0 spiro atoms. The van der Waals surface area contributed by atoms with Crippen LogP contribution in [0.1, 0.15) is 74.2 Å². The third kappa shape index (κ3) is 18.2. The number of carbonyl (C=O) groups is 3. The molecule has 0 aliphatic carbocycles. The number of anilines is 1. The third-order valence-corrected chi connectivity index (χ3v) is 5.51. The van der Waals surface area contributed by atoms with Gasteiger partial charge in [0, 0.05) is 12.1 Å². The van der Waals surface area contributed by atoms with Gasteiger partial charge in [0.15, 0.2) is 0 Å². The van der Waals surface area contributed by atoms with Gasteiger partial charge in [0.25, 0.3) is 0 Å². The first-order valence-electron chi connectivity index (χ1n) is 13.9. The van der Waals surface area contributed by atoms with E-state index in [1.807, 2.05) is 12.2 Å². The minimum absolute atomic E-state index is 0.00906. The predicted octanol–water partition coefficient (Wildman–Crippen LogP) is 7.84. The van der Waals surface area contributed by atoms with Crippen LogP contribution >= 0.6 is 0 Å². The van der Waals surface area contributed by atoms with Gasteiger partial charge < -0.3 is 15.2 Å². The molecule has 7 nitrogen and oxygen atoms in total. The largest absolute Gasteiger partial charge is 0.478 e. The molecule has 1 rings (SSSR count). The van der Waals surface area contributed by atoms with E-state index in [2.05, 4.69) is 78.3 Å². The second-order valence-electron chi connectivity index (χ2n) is 8.90. The van der Waals surface area contributed by atoms with E-state index < -0.39 is 12.1 Å². The first-order valence-corrected chi connectivity index (χ1v) is 13.9. The molecule has 0 atom stereocenters. The molecule has 1 aromatic carbocycles. The number of carboxylic acids is 1. The maximum Gasteiger partial charge on any atom is 0.411 e. The molecule has 1 aromatic rings. The first kappa shape index (κ1) is 33.9. The molecule has 0 fully saturated rings. The zero-order valence-electron chi connectivity index (χ0n) is 23.8. The molecule has 7 heteroatoms. The Kier molecular flexibility index (Phi) is 19.3. The summed E-state index contributed by atoms with van der Waals surface area (Å²) in [6.45, 7) is 4.02. The summed E-state index contributed by atoms with van der Waals surface area (Å²) in [6, 6.07) is 4.58. The fraction of sp³-hybridized carbons (Fsp3) is 0.364. The number of hydrogen-bond donors (Lipinski definition) is 3. The highest BCUT2D eigenvalue weighted by Crippen LogP contribution is 2.15. The fourth-order valence-electron chi connectivity index (χ4n) is 3.36. The van der Waals surface area contributed by atoms with Gasteiger partial charge in [-0.2, -0.15) is 0 Å². The number of ether oxygens (including phenoxy) is 1. The SMILES string of the molecule is CC/C=C\C/C=C\C/C=C\C/C=C\C/C=C\C/C=C\CCC(=O)NCCOC(=O)Nc1ccc(C)c(C(=O)O)c1. The van der Waals surface area contributed by atoms with Crippen LogP contribution in [0, 0.1) is 6.92 Å². The third-order valence-electron chi connectivity index (χ3n) is 5.51. The van der Waals surface area contributed by atoms with Crippen LogP contribution in [0.25, 0.3) is 0 Å². The van der Waals surface area contributed by atoms with Crippen molar-refractivity contribution >= 4 is 23.7 Å². The zero-order chi connectivity index (χ0) is 29.3. The Hall–Kier alpha value is -4.13. The first-order chi connectivity index (χ1) is 19.4. The molecule has 0 aromatic heterocycles. The van der Waals surface area contributed by atoms with Crippen LogP contribution < -0.4 is 10.6 Å². The van der Waals surface area contributed by atoms with Crippen LogP contribution in [0.15, 0.2) is 91.1 Å². The Balaban J connectivity index is 2.04. The average Bonchev–Trinajstić information content (AvgIpc) is 2.93. The van der Waals surface area contributed by atoms with Crippen LogP contribution in [-0.2, 0) is 9.53 Å². The Labute approximate surface area is 239 Å². The molecular weight excluding hydrogens is 504 g/mol. The number of allylic oxidation sites excluding steroid dienone is 12. The number of aromatic carboxylic acids is 1. The summed E-state index contributed by atoms with van der Waals surface area (Å²) in [4.78, 5) is 35.0. The van der Waals surface area contributed by atoms with Gasteiger partial charge in [-0.1, -0.05) is 85.9 Å². The van der Waals surface area contributed by atoms with Crippen molar-refractivity contribution in [3.05, 3.63) is 102 Å². The van der Waals surface area contributed by atoms with Crippen molar-refractivity contribution in [2.24, 2.45) is 0 Å². The van der Waals surface area contributed by atoms with E-state index in [1.165, 1.54) is 6.07 Å². The minimum atomic E-state index is -1.07. The standard InChI is InChI=1S/C33H44N2O5/c1-3-4-5-6-7-8-9-10-11-12-13-14-15-16-17-18-19-20-21-22-31(36)34-25-26-40-33(39)35-29-24-23-28(2)30(27-29)32(37)38/h4-5,7-8,10-11,13-14,16-17,19-20,23-24,27H,3,6,9,12,15,18,21-22,25-26H2,1-2H3,(H,34,36)(H,35,39)(H,37,38)/b5-4-,8-7-,11-10-,14-13-,17-16-,20-19-. The molecule has 216 valence electrons. The molecule has 0 aliphatic heterocycles. The van der Waals surface area contributed by atoms with Crippen LogP contribution in [-0.4, -0.2) is 36.2 Å². The molecule has 0 aliphatic rings. The summed E-state index contributed by atoms with van der Waals surface area (Å²) < 4.78 is 5.03. The summed E-state index contributed by atoms with van der Waals surface area (Å²) in [5, 5.41) is 14.3. The fourth-order valence-corrected chi connectivity index (χ4v) is 3.36. The summed E-state index contributed by atoms with van der Waals surface area (Å²) in [5.74, 6) is -1.19. The molecule has 3 N–H and O–H groups in total. The number of hydrogen-bond acceptors (Lipinski definition) is 4. The molecule has 0 bridgehead atoms. The van der Waals surface area contributed by atoms with E-state index >= 15 is 0 Å². The van der Waals surface area contributed by atoms with E-state index in [4.69, 9.17) is 9.84 Å². The van der Waals surface area contributed by atoms with Gasteiger partial charge in [-0.25, -0.2) is 9.59 Å². The number of carbonyl (C=O) groups excluding carboxylic acids is 2. The molecule has 2 amide bonds. The van der Waals surface area contributed by atoms with E-state index in [9.17, 15) is 14.4 Å². The van der Waals surface area contributed by atoms with Crippen molar-refractivity contribution in [1.82, 2.24) is 5.32 Å². The molecule has 0 unspecified atom stereocenters. The maximum atomic E-state index is 11.9. The van der Waals surface area contributed by atoms with Gasteiger partial charge in [0.2, 0.25) is 5.91 Å². The van der Waals surface area contributed by atoms with Crippen LogP contribution in [0.5, 0.6) is 0 Å². The Morgan fingerprint density at radius 1 is 0.800 bits per heavy atom. The van der Waals surface area contributed by atoms with E-state index in [-0.39, 0.29) is 24.6 Å². The van der Waals surface area contributed by atoms with Gasteiger partial charge in [0.1, 0.15) is 6.61 Å². The van der Waals surface area contributed by atoms with Crippen molar-refractivity contribution < 1.29 is 24.2 Å². The van der Waals surface area contributed by atoms with Gasteiger partial charge in [0.05, 0.1) is 12.1 Å². The monoisotopic (exact) mass is 548 g/mol. The van der Waals surface area contributed by atoms with Crippen molar-refractivity contribution in [3.8, 4) is 0 Å². The highest BCUT2D eigenvalue weighted by atomic mass is 16.5. The maximum absolute atomic E-state index is 11.9. The summed E-state index contributed by atoms with van der Waals surface area (Å²) in [5.41, 5.74) is 1.03. The van der Waals surface area contributed by atoms with Crippen molar-refractivity contribution in [2.75, 3.05) is 18.5 Å². The van der Waals surface area contributed by atoms with Crippen molar-refractivity contribution in [1.29, 1.82) is 0 Å². The van der Waals surface area contributed by atoms with Crippen LogP contribution in [0.2, 0.25) is 0 Å². The van der Waals surface area contributed by atoms with Crippen molar-refractivity contribution in [2.45, 2.75) is 65.2 Å². The Morgan fingerprint density at radius 3 is 1.85 bits per heavy atom. The quantitative estimate of drug-likeness (QED) is 0.121. The summed E-state index contributed by atoms with van der Waals surface area (Å²) in [7, 11) is 0. The number of benzene rings is 1. The lowest BCUT2D eigenvalue weighted by Gasteiger charge is -2.09. The average molecular weight is 549 g/mol. The Morgan fingerprint density at radius 2 is 1.32 bits per heavy atom. The van der Waals surface area contributed by atoms with E-state index in [1.54, 1.807) is 19.1 Å². The topological polar surface area (TPSA) is 105 Å². The highest BCUT2D eigenvalue weighted by Gasteiger charge is 2.10. The molecule has 0 heterocycles. The molecule has 0 saturated carbocycles. The number of rotatable bonds is 19. The zero-order valence-corrected chi connectivity index (χ0v) is 23.8. The molecule has 40 heavy (non-hydrogen) atoms. The van der Waals surface area contributed by atoms with Gasteiger partial charge in [-0.05, 0) is 69.6 Å². The van der Waals surface area contributed by atoms with Crippen molar-refractivity contribution in [3.63, 3.8) is 0 Å². The summed E-state index contributed by atoms with van der Waals surface area (Å²) in [6.07, 6.45) is 31.7. The highest BCUT2D eigenvalue weighted by molar-refractivity contribution is 5.92. The number of amides is 2. The lowest BCUT2D eigenvalue weighted by Crippen LogP contribution is -2.28. The number of carboxylic acid groups (broad SMARTS) is 1. The predicted molar refractivity (Wildman–Crippen MR) is 164 cm³/mol. The van der Waals surface area contributed by atoms with E-state index in [0.29, 0.717) is 24.1 Å². The number of aryl methyl sites for hydroxylation is 1. The van der Waals surface area contributed by atoms with Crippen LogP contribution in [0.4, 0.5) is 10.5 Å². The van der Waals surface area contributed by atoms with Crippen LogP contribution in [0.3, 0.4) is 0 Å². The lowest BCUT2D eigenvalue weighted by molar-refractivity contribution is -0.121. The van der Waals surface area contributed by atoms with Gasteiger partial charge >= 0.3 is 12.1 Å². The smallest absolute Gasteiger partial charge is 0.411 e.